The third-order valence-electron chi connectivity index (χ3n) is 5.91. The lowest BCUT2D eigenvalue weighted by Crippen LogP contribution is -2.47. The quantitative estimate of drug-likeness (QED) is 0.606. The number of carbonyl (C=O) groups excluding carboxylic acids is 1. The molecule has 6 nitrogen and oxygen atoms in total. The highest BCUT2D eigenvalue weighted by molar-refractivity contribution is 6.31. The minimum atomic E-state index is -4.53. The van der Waals surface area contributed by atoms with E-state index in [1.54, 1.807) is 0 Å². The molecule has 1 saturated heterocycles. The Kier molecular flexibility index (Phi) is 6.22. The van der Waals surface area contributed by atoms with Crippen molar-refractivity contribution in [3.8, 4) is 0 Å². The van der Waals surface area contributed by atoms with Gasteiger partial charge in [-0.25, -0.2) is 9.78 Å². The lowest BCUT2D eigenvalue weighted by atomic mass is 10.00. The highest BCUT2D eigenvalue weighted by atomic mass is 35.5. The van der Waals surface area contributed by atoms with E-state index >= 15 is 0 Å². The molecule has 10 heteroatoms. The average molecular weight is 468 g/mol. The van der Waals surface area contributed by atoms with Crippen molar-refractivity contribution >= 4 is 28.7 Å². The zero-order valence-electron chi connectivity index (χ0n) is 17.7. The maximum atomic E-state index is 13.1. The fourth-order valence-corrected chi connectivity index (χ4v) is 4.62. The molecule has 1 aliphatic carbocycles. The number of likely N-dealkylation sites (tertiary alicyclic amines) is 1. The molecule has 0 spiro atoms. The summed E-state index contributed by atoms with van der Waals surface area (Å²) in [5.41, 5.74) is 1.01. The monoisotopic (exact) mass is 467 g/mol. The van der Waals surface area contributed by atoms with Crippen molar-refractivity contribution in [2.75, 3.05) is 6.54 Å². The molecule has 0 saturated carbocycles. The van der Waals surface area contributed by atoms with Crippen LogP contribution in [0.5, 0.6) is 0 Å². The first kappa shape index (κ1) is 22.7. The minimum Gasteiger partial charge on any atom is -0.341 e. The number of alkyl halides is 3. The molecule has 3 N–H and O–H groups in total. The summed E-state index contributed by atoms with van der Waals surface area (Å²) in [5.74, 6) is 0.842. The molecule has 1 aromatic carbocycles. The fourth-order valence-electron chi connectivity index (χ4n) is 4.37. The molecule has 4 rings (SSSR count). The summed E-state index contributed by atoms with van der Waals surface area (Å²) in [7, 11) is 0. The molecule has 1 aromatic heterocycles. The second kappa shape index (κ2) is 8.78. The highest BCUT2D eigenvalue weighted by Crippen LogP contribution is 2.36. The molecule has 172 valence electrons. The zero-order chi connectivity index (χ0) is 23.0. The molecule has 32 heavy (non-hydrogen) atoms. The van der Waals surface area contributed by atoms with Crippen LogP contribution in [0.1, 0.15) is 38.6 Å². The Bertz CT molecular complexity index is 1030. The number of aromatic amines is 1. The van der Waals surface area contributed by atoms with Gasteiger partial charge in [-0.05, 0) is 38.5 Å². The van der Waals surface area contributed by atoms with Crippen LogP contribution in [0.2, 0.25) is 0 Å². The summed E-state index contributed by atoms with van der Waals surface area (Å²) in [6, 6.07) is 6.58. The molecule has 0 radical (unpaired) electrons. The highest BCUT2D eigenvalue weighted by Gasteiger charge is 2.39. The summed E-state index contributed by atoms with van der Waals surface area (Å²) in [5, 5.41) is 5.19. The van der Waals surface area contributed by atoms with Crippen LogP contribution >= 0.6 is 11.6 Å². The van der Waals surface area contributed by atoms with Gasteiger partial charge in [-0.1, -0.05) is 29.8 Å². The van der Waals surface area contributed by atoms with Crippen molar-refractivity contribution in [2.45, 2.75) is 57.0 Å². The Morgan fingerprint density at radius 3 is 2.72 bits per heavy atom. The number of nitrogens with zero attached hydrogens (tertiary/aromatic N) is 2. The van der Waals surface area contributed by atoms with E-state index in [-0.39, 0.29) is 23.2 Å². The third-order valence-corrected chi connectivity index (χ3v) is 6.26. The molecule has 2 aromatic rings. The van der Waals surface area contributed by atoms with Crippen LogP contribution in [-0.2, 0) is 0 Å². The van der Waals surface area contributed by atoms with Crippen LogP contribution in [0.25, 0.3) is 11.0 Å². The summed E-state index contributed by atoms with van der Waals surface area (Å²) in [4.78, 5) is 22.9. The Labute approximate surface area is 188 Å². The van der Waals surface area contributed by atoms with E-state index in [0.29, 0.717) is 13.0 Å². The molecule has 1 aliphatic heterocycles. The smallest absolute Gasteiger partial charge is 0.341 e. The summed E-state index contributed by atoms with van der Waals surface area (Å²) < 4.78 is 39.3. The molecule has 1 unspecified atom stereocenters. The van der Waals surface area contributed by atoms with Crippen LogP contribution in [0, 0.1) is 0 Å². The SMILES string of the molecule is CC(C)N1C[C@@H](NC(=O)NC2C=CC(Cl)=C(C(F)(F)F)C2)C[C@H]1c1nc2ccccc2[nH]1. The number of halogens is 4. The number of rotatable bonds is 4. The number of aromatic nitrogens is 2. The molecule has 3 atom stereocenters. The van der Waals surface area contributed by atoms with Crippen molar-refractivity contribution in [2.24, 2.45) is 0 Å². The van der Waals surface area contributed by atoms with Crippen LogP contribution in [-0.4, -0.2) is 51.7 Å². The van der Waals surface area contributed by atoms with E-state index < -0.39 is 30.2 Å². The first-order chi connectivity index (χ1) is 15.1. The number of allylic oxidation sites excluding steroid dienone is 2. The minimum absolute atomic E-state index is 0.000786. The van der Waals surface area contributed by atoms with Crippen molar-refractivity contribution in [3.63, 3.8) is 0 Å². The largest absolute Gasteiger partial charge is 0.414 e. The Morgan fingerprint density at radius 2 is 2.03 bits per heavy atom. The predicted octanol–water partition coefficient (Wildman–Crippen LogP) is 4.77. The number of para-hydroxylation sites is 2. The maximum Gasteiger partial charge on any atom is 0.414 e. The van der Waals surface area contributed by atoms with Gasteiger partial charge in [-0.2, -0.15) is 13.2 Å². The van der Waals surface area contributed by atoms with Gasteiger partial charge in [0.15, 0.2) is 0 Å². The van der Waals surface area contributed by atoms with E-state index in [1.165, 1.54) is 12.2 Å². The Balaban J connectivity index is 1.40. The number of amides is 2. The number of imidazole rings is 1. The number of H-pyrrole nitrogens is 1. The van der Waals surface area contributed by atoms with Crippen molar-refractivity contribution in [1.29, 1.82) is 0 Å². The van der Waals surface area contributed by atoms with E-state index in [0.717, 1.165) is 16.9 Å². The summed E-state index contributed by atoms with van der Waals surface area (Å²) >= 11 is 5.69. The van der Waals surface area contributed by atoms with Gasteiger partial charge in [0.1, 0.15) is 5.82 Å². The van der Waals surface area contributed by atoms with Crippen molar-refractivity contribution in [3.05, 3.63) is 52.8 Å². The predicted molar refractivity (Wildman–Crippen MR) is 117 cm³/mol. The lowest BCUT2D eigenvalue weighted by Gasteiger charge is -2.26. The second-order valence-electron chi connectivity index (χ2n) is 8.49. The summed E-state index contributed by atoms with van der Waals surface area (Å²) in [6.07, 6.45) is -1.61. The number of hydrogen-bond donors (Lipinski definition) is 3. The van der Waals surface area contributed by atoms with Gasteiger partial charge in [-0.15, -0.1) is 0 Å². The standard InChI is InChI=1S/C22H25ClF3N5O/c1-12(2)31-11-14(10-19(31)20-29-17-5-3-4-6-18(17)30-20)28-21(32)27-13-7-8-16(23)15(9-13)22(24,25)26/h3-8,12-14,19H,9-11H2,1-2H3,(H,29,30)(H2,27,28,32)/t13?,14-,19-/m0/s1. The van der Waals surface area contributed by atoms with Crippen LogP contribution in [0.15, 0.2) is 47.0 Å². The topological polar surface area (TPSA) is 73.1 Å². The second-order valence-corrected chi connectivity index (χ2v) is 8.90. The van der Waals surface area contributed by atoms with Crippen LogP contribution < -0.4 is 10.6 Å². The van der Waals surface area contributed by atoms with Gasteiger partial charge in [0.25, 0.3) is 0 Å². The number of nitrogens with one attached hydrogen (secondary N) is 3. The maximum absolute atomic E-state index is 13.1. The molecule has 0 bridgehead atoms. The van der Waals surface area contributed by atoms with Gasteiger partial charge in [0.05, 0.1) is 28.7 Å². The Morgan fingerprint density at radius 1 is 1.28 bits per heavy atom. The van der Waals surface area contributed by atoms with E-state index in [4.69, 9.17) is 16.6 Å². The lowest BCUT2D eigenvalue weighted by molar-refractivity contribution is -0.0948. The number of carbonyl (C=O) groups is 1. The van der Waals surface area contributed by atoms with E-state index in [2.05, 4.69) is 34.4 Å². The zero-order valence-corrected chi connectivity index (χ0v) is 18.5. The number of hydrogen-bond acceptors (Lipinski definition) is 3. The normalized spacial score (nSPS) is 24.5. The third kappa shape index (κ3) is 4.78. The number of benzene rings is 1. The summed E-state index contributed by atoms with van der Waals surface area (Å²) in [6.45, 7) is 4.78. The molecule has 2 heterocycles. The molecular weight excluding hydrogens is 443 g/mol. The van der Waals surface area contributed by atoms with Gasteiger partial charge < -0.3 is 15.6 Å². The van der Waals surface area contributed by atoms with Gasteiger partial charge in [-0.3, -0.25) is 4.90 Å². The average Bonchev–Trinajstić information content (AvgIpc) is 3.32. The van der Waals surface area contributed by atoms with E-state index in [1.807, 2.05) is 24.3 Å². The van der Waals surface area contributed by atoms with Crippen LogP contribution in [0.4, 0.5) is 18.0 Å². The van der Waals surface area contributed by atoms with E-state index in [9.17, 15) is 18.0 Å². The fraction of sp³-hybridized carbons (Fsp3) is 0.455. The molecule has 1 fully saturated rings. The van der Waals surface area contributed by atoms with Crippen LogP contribution in [0.3, 0.4) is 0 Å². The van der Waals surface area contributed by atoms with Gasteiger partial charge >= 0.3 is 12.2 Å². The van der Waals surface area contributed by atoms with Crippen molar-refractivity contribution in [1.82, 2.24) is 25.5 Å². The van der Waals surface area contributed by atoms with Crippen molar-refractivity contribution < 1.29 is 18.0 Å². The molecular formula is C22H25ClF3N5O. The molecule has 2 aliphatic rings. The first-order valence-corrected chi connectivity index (χ1v) is 10.9. The Hall–Kier alpha value is -2.52. The first-order valence-electron chi connectivity index (χ1n) is 10.5. The van der Waals surface area contributed by atoms with Gasteiger partial charge in [0.2, 0.25) is 0 Å². The molecule has 2 amide bonds. The number of fused-ring (bicyclic) bond motifs is 1. The van der Waals surface area contributed by atoms with Gasteiger partial charge in [0, 0.05) is 30.1 Å². The number of urea groups is 1.